The monoisotopic (exact) mass is 254 g/mol. The van der Waals surface area contributed by atoms with Crippen LogP contribution in [0.15, 0.2) is 36.4 Å². The summed E-state index contributed by atoms with van der Waals surface area (Å²) in [7, 11) is 0. The smallest absolute Gasteiger partial charge is 0.201 e. The number of nitrogen functional groups attached to an aromatic ring is 1. The first-order valence-electron chi connectivity index (χ1n) is 4.99. The first kappa shape index (κ1) is 12.3. The molecule has 0 aliphatic rings. The van der Waals surface area contributed by atoms with Gasteiger partial charge in [-0.15, -0.1) is 0 Å². The fraction of sp³-hybridized carbons (Fsp3) is 0. The summed E-state index contributed by atoms with van der Waals surface area (Å²) in [5, 5.41) is 0. The molecule has 18 heavy (non-hydrogen) atoms. The third kappa shape index (κ3) is 2.54. The fourth-order valence-electron chi connectivity index (χ4n) is 1.35. The number of nitrogens with one attached hydrogen (secondary N) is 1. The Morgan fingerprint density at radius 1 is 1.00 bits per heavy atom. The van der Waals surface area contributed by atoms with Crippen LogP contribution in [0.3, 0.4) is 0 Å². The van der Waals surface area contributed by atoms with Gasteiger partial charge >= 0.3 is 0 Å². The molecule has 0 aromatic heterocycles. The van der Waals surface area contributed by atoms with E-state index in [4.69, 9.17) is 10.6 Å². The number of nitrogens with two attached hydrogens (primary N) is 1. The number of hydrogen-bond donors (Lipinski definition) is 2. The van der Waals surface area contributed by atoms with E-state index in [1.807, 2.05) is 0 Å². The van der Waals surface area contributed by atoms with Crippen LogP contribution in [0.5, 0.6) is 11.5 Å². The van der Waals surface area contributed by atoms with Crippen LogP contribution in [0.4, 0.5) is 18.9 Å². The minimum atomic E-state index is -1.30. The van der Waals surface area contributed by atoms with Crippen LogP contribution in [0.25, 0.3) is 0 Å². The average Bonchev–Trinajstić information content (AvgIpc) is 2.36. The molecular weight excluding hydrogens is 245 g/mol. The molecule has 6 heteroatoms. The molecule has 3 nitrogen and oxygen atoms in total. The number of hydrogen-bond acceptors (Lipinski definition) is 3. The molecule has 0 heterocycles. The Kier molecular flexibility index (Phi) is 3.38. The summed E-state index contributed by atoms with van der Waals surface area (Å²) in [5.74, 6) is 1.44. The standard InChI is InChI=1S/C12H9F3N2O/c13-7-5-10(14)12(15)11(6-7)18-9-3-1-8(17-16)2-4-9/h1-6,17H,16H2. The van der Waals surface area contributed by atoms with Gasteiger partial charge in [0.05, 0.1) is 0 Å². The van der Waals surface area contributed by atoms with Crippen LogP contribution in [0.2, 0.25) is 0 Å². The molecule has 0 bridgehead atoms. The SMILES string of the molecule is NNc1ccc(Oc2cc(F)cc(F)c2F)cc1. The highest BCUT2D eigenvalue weighted by Gasteiger charge is 2.13. The molecule has 0 spiro atoms. The van der Waals surface area contributed by atoms with Crippen LogP contribution in [-0.2, 0) is 0 Å². The summed E-state index contributed by atoms with van der Waals surface area (Å²) in [5.41, 5.74) is 3.02. The van der Waals surface area contributed by atoms with Crippen LogP contribution in [-0.4, -0.2) is 0 Å². The van der Waals surface area contributed by atoms with Gasteiger partial charge in [0, 0.05) is 17.8 Å². The highest BCUT2D eigenvalue weighted by atomic mass is 19.2. The minimum absolute atomic E-state index is 0.234. The van der Waals surface area contributed by atoms with Crippen molar-refractivity contribution in [1.29, 1.82) is 0 Å². The summed E-state index contributed by atoms with van der Waals surface area (Å²) in [4.78, 5) is 0. The van der Waals surface area contributed by atoms with E-state index in [-0.39, 0.29) is 5.75 Å². The first-order valence-corrected chi connectivity index (χ1v) is 4.99. The van der Waals surface area contributed by atoms with Gasteiger partial charge in [0.15, 0.2) is 11.6 Å². The molecule has 0 aliphatic heterocycles. The quantitative estimate of drug-likeness (QED) is 0.502. The summed E-state index contributed by atoms with van der Waals surface area (Å²) < 4.78 is 44.2. The van der Waals surface area contributed by atoms with Crippen molar-refractivity contribution in [3.63, 3.8) is 0 Å². The van der Waals surface area contributed by atoms with Crippen LogP contribution >= 0.6 is 0 Å². The maximum Gasteiger partial charge on any atom is 0.201 e. The first-order chi connectivity index (χ1) is 8.60. The molecule has 3 N–H and O–H groups in total. The highest BCUT2D eigenvalue weighted by molar-refractivity contribution is 5.46. The lowest BCUT2D eigenvalue weighted by Gasteiger charge is -2.08. The predicted molar refractivity (Wildman–Crippen MR) is 60.6 cm³/mol. The Balaban J connectivity index is 2.27. The van der Waals surface area contributed by atoms with E-state index in [1.54, 1.807) is 12.1 Å². The van der Waals surface area contributed by atoms with Gasteiger partial charge in [0.1, 0.15) is 11.6 Å². The molecule has 0 aliphatic carbocycles. The number of ether oxygens (including phenoxy) is 1. The molecule has 94 valence electrons. The van der Waals surface area contributed by atoms with Gasteiger partial charge in [-0.3, -0.25) is 5.84 Å². The van der Waals surface area contributed by atoms with Crippen molar-refractivity contribution in [2.24, 2.45) is 5.84 Å². The zero-order chi connectivity index (χ0) is 13.1. The van der Waals surface area contributed by atoms with Crippen molar-refractivity contribution in [3.8, 4) is 11.5 Å². The second-order valence-electron chi connectivity index (χ2n) is 3.47. The molecule has 0 fully saturated rings. The molecule has 2 aromatic rings. The zero-order valence-corrected chi connectivity index (χ0v) is 9.08. The van der Waals surface area contributed by atoms with Gasteiger partial charge in [-0.25, -0.2) is 8.78 Å². The summed E-state index contributed by atoms with van der Waals surface area (Å²) >= 11 is 0. The second kappa shape index (κ2) is 4.97. The lowest BCUT2D eigenvalue weighted by Crippen LogP contribution is -2.06. The number of hydrazine groups is 1. The molecule has 0 amide bonds. The zero-order valence-electron chi connectivity index (χ0n) is 9.08. The predicted octanol–water partition coefficient (Wildman–Crippen LogP) is 3.18. The third-order valence-corrected chi connectivity index (χ3v) is 2.21. The summed E-state index contributed by atoms with van der Waals surface area (Å²) in [6.07, 6.45) is 0. The van der Waals surface area contributed by atoms with Crippen molar-refractivity contribution in [2.45, 2.75) is 0 Å². The lowest BCUT2D eigenvalue weighted by molar-refractivity contribution is 0.408. The van der Waals surface area contributed by atoms with Crippen LogP contribution in [0.1, 0.15) is 0 Å². The molecule has 2 rings (SSSR count). The summed E-state index contributed by atoms with van der Waals surface area (Å²) in [6.45, 7) is 0. The molecule has 0 unspecified atom stereocenters. The number of benzene rings is 2. The Labute approximate surface area is 101 Å². The van der Waals surface area contributed by atoms with E-state index in [0.29, 0.717) is 11.8 Å². The Hall–Kier alpha value is -2.21. The van der Waals surface area contributed by atoms with Crippen LogP contribution < -0.4 is 16.0 Å². The molecule has 0 radical (unpaired) electrons. The third-order valence-electron chi connectivity index (χ3n) is 2.21. The largest absolute Gasteiger partial charge is 0.454 e. The van der Waals surface area contributed by atoms with E-state index < -0.39 is 23.2 Å². The Bertz CT molecular complexity index is 558. The number of halogens is 3. The van der Waals surface area contributed by atoms with Crippen LogP contribution in [0, 0.1) is 17.5 Å². The van der Waals surface area contributed by atoms with Crippen molar-refractivity contribution in [1.82, 2.24) is 0 Å². The normalized spacial score (nSPS) is 10.2. The van der Waals surface area contributed by atoms with Gasteiger partial charge in [-0.2, -0.15) is 4.39 Å². The van der Waals surface area contributed by atoms with Gasteiger partial charge < -0.3 is 10.2 Å². The van der Waals surface area contributed by atoms with Gasteiger partial charge in [-0.1, -0.05) is 0 Å². The Morgan fingerprint density at radius 2 is 1.67 bits per heavy atom. The molecule has 0 saturated carbocycles. The molecular formula is C12H9F3N2O. The Morgan fingerprint density at radius 3 is 2.28 bits per heavy atom. The van der Waals surface area contributed by atoms with Crippen molar-refractivity contribution in [3.05, 3.63) is 53.8 Å². The number of rotatable bonds is 3. The van der Waals surface area contributed by atoms with E-state index in [9.17, 15) is 13.2 Å². The van der Waals surface area contributed by atoms with Gasteiger partial charge in [-0.05, 0) is 24.3 Å². The summed E-state index contributed by atoms with van der Waals surface area (Å²) in [6, 6.07) is 7.33. The second-order valence-corrected chi connectivity index (χ2v) is 3.47. The molecule has 0 saturated heterocycles. The van der Waals surface area contributed by atoms with Crippen molar-refractivity contribution >= 4 is 5.69 Å². The number of anilines is 1. The van der Waals surface area contributed by atoms with E-state index in [2.05, 4.69) is 5.43 Å². The lowest BCUT2D eigenvalue weighted by atomic mass is 10.3. The molecule has 0 atom stereocenters. The topological polar surface area (TPSA) is 47.3 Å². The van der Waals surface area contributed by atoms with Gasteiger partial charge in [0.25, 0.3) is 0 Å². The minimum Gasteiger partial charge on any atom is -0.454 e. The van der Waals surface area contributed by atoms with Gasteiger partial charge in [0.2, 0.25) is 5.82 Å². The fourth-order valence-corrected chi connectivity index (χ4v) is 1.35. The highest BCUT2D eigenvalue weighted by Crippen LogP contribution is 2.27. The van der Waals surface area contributed by atoms with Crippen molar-refractivity contribution < 1.29 is 17.9 Å². The van der Waals surface area contributed by atoms with E-state index in [1.165, 1.54) is 12.1 Å². The van der Waals surface area contributed by atoms with E-state index in [0.717, 1.165) is 6.07 Å². The average molecular weight is 254 g/mol. The van der Waals surface area contributed by atoms with Crippen molar-refractivity contribution in [2.75, 3.05) is 5.43 Å². The maximum absolute atomic E-state index is 13.3. The maximum atomic E-state index is 13.3. The van der Waals surface area contributed by atoms with E-state index >= 15 is 0 Å². The molecule has 2 aromatic carbocycles.